The summed E-state index contributed by atoms with van der Waals surface area (Å²) in [6, 6.07) is 19.3. The minimum atomic E-state index is -0.551. The lowest BCUT2D eigenvalue weighted by Crippen LogP contribution is -2.28. The number of nitrogens with zero attached hydrogens (tertiary/aromatic N) is 2. The summed E-state index contributed by atoms with van der Waals surface area (Å²) in [6.45, 7) is 0. The molecule has 0 aromatic heterocycles. The van der Waals surface area contributed by atoms with E-state index in [2.05, 4.69) is 0 Å². The molecule has 0 heterocycles. The van der Waals surface area contributed by atoms with Crippen LogP contribution in [0.1, 0.15) is 5.56 Å². The van der Waals surface area contributed by atoms with Gasteiger partial charge in [0.1, 0.15) is 11.8 Å². The first-order valence-electron chi connectivity index (χ1n) is 6.37. The molecule has 0 unspecified atom stereocenters. The number of hydrogen-bond acceptors (Lipinski definition) is 3. The number of hydrogen-bond donors (Lipinski definition) is 1. The standard InChI is InChI=1S/C17H14N2O2/c1-19(14-10-6-3-7-11-14)17(21)15(12-18)16(20)13-8-4-2-5-9-13/h2-11,20H,1H3/b16-15-. The van der Waals surface area contributed by atoms with Crippen molar-refractivity contribution in [1.29, 1.82) is 5.26 Å². The van der Waals surface area contributed by atoms with E-state index in [0.29, 0.717) is 11.3 Å². The molecule has 0 spiro atoms. The smallest absolute Gasteiger partial charge is 0.272 e. The van der Waals surface area contributed by atoms with Gasteiger partial charge in [0, 0.05) is 18.3 Å². The molecule has 4 nitrogen and oxygen atoms in total. The largest absolute Gasteiger partial charge is 0.506 e. The quantitative estimate of drug-likeness (QED) is 0.533. The predicted octanol–water partition coefficient (Wildman–Crippen LogP) is 3.14. The summed E-state index contributed by atoms with van der Waals surface area (Å²) < 4.78 is 0. The molecule has 0 saturated heterocycles. The Bertz CT molecular complexity index is 701. The van der Waals surface area contributed by atoms with Gasteiger partial charge in [-0.2, -0.15) is 5.26 Å². The van der Waals surface area contributed by atoms with Gasteiger partial charge in [-0.1, -0.05) is 48.5 Å². The summed E-state index contributed by atoms with van der Waals surface area (Å²) in [6.07, 6.45) is 0. The van der Waals surface area contributed by atoms with Crippen molar-refractivity contribution in [2.24, 2.45) is 0 Å². The first kappa shape index (κ1) is 14.4. The highest BCUT2D eigenvalue weighted by Gasteiger charge is 2.21. The van der Waals surface area contributed by atoms with Crippen LogP contribution in [0.2, 0.25) is 0 Å². The summed E-state index contributed by atoms with van der Waals surface area (Å²) >= 11 is 0. The number of anilines is 1. The van der Waals surface area contributed by atoms with Crippen LogP contribution in [0.3, 0.4) is 0 Å². The first-order chi connectivity index (χ1) is 10.1. The molecule has 104 valence electrons. The Morgan fingerprint density at radius 3 is 2.10 bits per heavy atom. The number of amides is 1. The molecule has 0 saturated carbocycles. The van der Waals surface area contributed by atoms with E-state index in [-0.39, 0.29) is 11.3 Å². The maximum absolute atomic E-state index is 12.4. The van der Waals surface area contributed by atoms with E-state index in [9.17, 15) is 15.2 Å². The number of nitriles is 1. The SMILES string of the molecule is CN(C(=O)/C(C#N)=C(\O)c1ccccc1)c1ccccc1. The first-order valence-corrected chi connectivity index (χ1v) is 6.37. The van der Waals surface area contributed by atoms with Gasteiger partial charge in [-0.3, -0.25) is 4.79 Å². The maximum atomic E-state index is 12.4. The molecule has 0 radical (unpaired) electrons. The van der Waals surface area contributed by atoms with Gasteiger partial charge in [0.05, 0.1) is 0 Å². The Labute approximate surface area is 123 Å². The minimum absolute atomic E-state index is 0.285. The summed E-state index contributed by atoms with van der Waals surface area (Å²) in [5, 5.41) is 19.4. The van der Waals surface area contributed by atoms with E-state index in [1.54, 1.807) is 67.7 Å². The predicted molar refractivity (Wildman–Crippen MR) is 81.5 cm³/mol. The number of aliphatic hydroxyl groups is 1. The Hall–Kier alpha value is -3.06. The molecule has 0 atom stereocenters. The van der Waals surface area contributed by atoms with Gasteiger partial charge in [0.25, 0.3) is 5.91 Å². The van der Waals surface area contributed by atoms with Crippen molar-refractivity contribution in [3.05, 3.63) is 71.8 Å². The van der Waals surface area contributed by atoms with Crippen molar-refractivity contribution in [3.63, 3.8) is 0 Å². The van der Waals surface area contributed by atoms with Crippen molar-refractivity contribution < 1.29 is 9.90 Å². The molecule has 0 bridgehead atoms. The van der Waals surface area contributed by atoms with Gasteiger partial charge in [-0.15, -0.1) is 0 Å². The van der Waals surface area contributed by atoms with Crippen LogP contribution in [-0.2, 0) is 4.79 Å². The Kier molecular flexibility index (Phi) is 4.37. The lowest BCUT2D eigenvalue weighted by molar-refractivity contribution is -0.114. The number of carbonyl (C=O) groups is 1. The summed E-state index contributed by atoms with van der Waals surface area (Å²) in [7, 11) is 1.56. The van der Waals surface area contributed by atoms with Crippen molar-refractivity contribution >= 4 is 17.4 Å². The highest BCUT2D eigenvalue weighted by molar-refractivity contribution is 6.12. The molecule has 1 amide bonds. The van der Waals surface area contributed by atoms with E-state index in [1.165, 1.54) is 4.90 Å². The number of likely N-dealkylation sites (N-methyl/N-ethyl adjacent to an activating group) is 1. The fourth-order valence-electron chi connectivity index (χ4n) is 1.88. The molecule has 21 heavy (non-hydrogen) atoms. The molecule has 2 aromatic rings. The highest BCUT2D eigenvalue weighted by Crippen LogP contribution is 2.19. The second-order valence-corrected chi connectivity index (χ2v) is 4.40. The van der Waals surface area contributed by atoms with Crippen LogP contribution in [0.15, 0.2) is 66.2 Å². The van der Waals surface area contributed by atoms with E-state index in [4.69, 9.17) is 0 Å². The third-order valence-electron chi connectivity index (χ3n) is 3.06. The third kappa shape index (κ3) is 3.10. The zero-order valence-corrected chi connectivity index (χ0v) is 11.5. The van der Waals surface area contributed by atoms with E-state index >= 15 is 0 Å². The lowest BCUT2D eigenvalue weighted by Gasteiger charge is -2.17. The molecule has 1 N–H and O–H groups in total. The molecule has 2 aromatic carbocycles. The molecule has 0 fully saturated rings. The number of benzene rings is 2. The average Bonchev–Trinajstić information content (AvgIpc) is 2.56. The van der Waals surface area contributed by atoms with E-state index < -0.39 is 5.91 Å². The normalized spacial score (nSPS) is 11.2. The molecular weight excluding hydrogens is 264 g/mol. The Balaban J connectivity index is 2.38. The van der Waals surface area contributed by atoms with Crippen LogP contribution >= 0.6 is 0 Å². The monoisotopic (exact) mass is 278 g/mol. The lowest BCUT2D eigenvalue weighted by atomic mass is 10.1. The van der Waals surface area contributed by atoms with Crippen molar-refractivity contribution in [1.82, 2.24) is 0 Å². The molecule has 4 heteroatoms. The van der Waals surface area contributed by atoms with Crippen LogP contribution in [0.5, 0.6) is 0 Å². The van der Waals surface area contributed by atoms with Crippen molar-refractivity contribution in [2.45, 2.75) is 0 Å². The molecule has 2 rings (SSSR count). The van der Waals surface area contributed by atoms with E-state index in [0.717, 1.165) is 0 Å². The second-order valence-electron chi connectivity index (χ2n) is 4.40. The van der Waals surface area contributed by atoms with Gasteiger partial charge >= 0.3 is 0 Å². The van der Waals surface area contributed by atoms with Gasteiger partial charge in [0.2, 0.25) is 0 Å². The fraction of sp³-hybridized carbons (Fsp3) is 0.0588. The fourth-order valence-corrected chi connectivity index (χ4v) is 1.88. The van der Waals surface area contributed by atoms with Crippen LogP contribution in [0, 0.1) is 11.3 Å². The number of para-hydroxylation sites is 1. The number of rotatable bonds is 3. The van der Waals surface area contributed by atoms with Gasteiger partial charge in [-0.25, -0.2) is 0 Å². The number of aliphatic hydroxyl groups excluding tert-OH is 1. The topological polar surface area (TPSA) is 64.3 Å². The molecule has 0 aliphatic rings. The average molecular weight is 278 g/mol. The second kappa shape index (κ2) is 6.40. The van der Waals surface area contributed by atoms with Gasteiger partial charge < -0.3 is 10.0 Å². The van der Waals surface area contributed by atoms with Crippen LogP contribution in [0.25, 0.3) is 5.76 Å². The Morgan fingerprint density at radius 1 is 1.05 bits per heavy atom. The third-order valence-corrected chi connectivity index (χ3v) is 3.06. The molecule has 0 aliphatic heterocycles. The highest BCUT2D eigenvalue weighted by atomic mass is 16.3. The van der Waals surface area contributed by atoms with Crippen molar-refractivity contribution in [2.75, 3.05) is 11.9 Å². The Morgan fingerprint density at radius 2 is 1.57 bits per heavy atom. The maximum Gasteiger partial charge on any atom is 0.272 e. The number of carbonyl (C=O) groups excluding carboxylic acids is 1. The van der Waals surface area contributed by atoms with Crippen LogP contribution in [0.4, 0.5) is 5.69 Å². The van der Waals surface area contributed by atoms with E-state index in [1.807, 2.05) is 6.07 Å². The van der Waals surface area contributed by atoms with Gasteiger partial charge in [-0.05, 0) is 12.1 Å². The van der Waals surface area contributed by atoms with Crippen LogP contribution < -0.4 is 4.90 Å². The minimum Gasteiger partial charge on any atom is -0.506 e. The van der Waals surface area contributed by atoms with Gasteiger partial charge in [0.15, 0.2) is 5.57 Å². The summed E-state index contributed by atoms with van der Waals surface area (Å²) in [4.78, 5) is 13.7. The summed E-state index contributed by atoms with van der Waals surface area (Å²) in [5.74, 6) is -0.865. The summed E-state index contributed by atoms with van der Waals surface area (Å²) in [5.41, 5.74) is 0.799. The zero-order valence-electron chi connectivity index (χ0n) is 11.5. The molecule has 0 aliphatic carbocycles. The zero-order chi connectivity index (χ0) is 15.2. The van der Waals surface area contributed by atoms with Crippen LogP contribution in [-0.4, -0.2) is 18.1 Å². The van der Waals surface area contributed by atoms with Crippen molar-refractivity contribution in [3.8, 4) is 6.07 Å². The molecular formula is C17H14N2O2.